The topological polar surface area (TPSA) is 49.3 Å². The van der Waals surface area contributed by atoms with E-state index in [1.54, 1.807) is 0 Å². The summed E-state index contributed by atoms with van der Waals surface area (Å²) in [6.45, 7) is -0.0778. The number of rotatable bonds is 3. The Bertz CT molecular complexity index is 540. The molecule has 2 aromatic carbocycles. The molecule has 0 heterocycles. The molecule has 0 saturated heterocycles. The number of halogens is 1. The highest BCUT2D eigenvalue weighted by Crippen LogP contribution is 2.29. The molecule has 0 aliphatic heterocycles. The molecule has 2 aromatic rings. The third kappa shape index (κ3) is 2.17. The number of fused-ring (bicyclic) bond motifs is 1. The molecule has 0 amide bonds. The fourth-order valence-corrected chi connectivity index (χ4v) is 2.07. The summed E-state index contributed by atoms with van der Waals surface area (Å²) in [5.74, 6) is -0.869. The minimum absolute atomic E-state index is 0.0778. The van der Waals surface area contributed by atoms with Crippen molar-refractivity contribution in [2.45, 2.75) is 0 Å². The zero-order chi connectivity index (χ0) is 11.5. The molecule has 0 atom stereocenters. The SMILES string of the molecule is O=C(O)CNc1ccc(Br)c2ccccc12. The Labute approximate surface area is 101 Å². The second kappa shape index (κ2) is 4.53. The van der Waals surface area contributed by atoms with Gasteiger partial charge in [-0.05, 0) is 17.5 Å². The van der Waals surface area contributed by atoms with Crippen LogP contribution >= 0.6 is 15.9 Å². The highest BCUT2D eigenvalue weighted by Gasteiger charge is 2.04. The number of carboxylic acid groups (broad SMARTS) is 1. The molecule has 0 aromatic heterocycles. The van der Waals surface area contributed by atoms with Crippen molar-refractivity contribution in [2.75, 3.05) is 11.9 Å². The maximum Gasteiger partial charge on any atom is 0.322 e. The van der Waals surface area contributed by atoms with Gasteiger partial charge in [-0.3, -0.25) is 4.79 Å². The minimum Gasteiger partial charge on any atom is -0.480 e. The molecule has 0 radical (unpaired) electrons. The first-order chi connectivity index (χ1) is 7.68. The van der Waals surface area contributed by atoms with Crippen molar-refractivity contribution < 1.29 is 9.90 Å². The Morgan fingerprint density at radius 3 is 2.56 bits per heavy atom. The summed E-state index contributed by atoms with van der Waals surface area (Å²) >= 11 is 3.47. The summed E-state index contributed by atoms with van der Waals surface area (Å²) in [6.07, 6.45) is 0. The Morgan fingerprint density at radius 1 is 1.19 bits per heavy atom. The lowest BCUT2D eigenvalue weighted by Gasteiger charge is -2.09. The van der Waals surface area contributed by atoms with Crippen LogP contribution in [-0.2, 0) is 4.79 Å². The number of anilines is 1. The zero-order valence-electron chi connectivity index (χ0n) is 8.40. The molecule has 16 heavy (non-hydrogen) atoms. The van der Waals surface area contributed by atoms with E-state index in [1.807, 2.05) is 36.4 Å². The van der Waals surface area contributed by atoms with Gasteiger partial charge in [0, 0.05) is 15.5 Å². The molecular formula is C12H10BrNO2. The van der Waals surface area contributed by atoms with Crippen LogP contribution in [0.5, 0.6) is 0 Å². The normalized spacial score (nSPS) is 10.3. The molecule has 4 heteroatoms. The predicted molar refractivity (Wildman–Crippen MR) is 67.8 cm³/mol. The number of hydrogen-bond donors (Lipinski definition) is 2. The molecule has 0 fully saturated rings. The van der Waals surface area contributed by atoms with E-state index >= 15 is 0 Å². The van der Waals surface area contributed by atoms with Gasteiger partial charge in [0.2, 0.25) is 0 Å². The minimum atomic E-state index is -0.869. The number of benzene rings is 2. The average molecular weight is 280 g/mol. The Hall–Kier alpha value is -1.55. The molecule has 0 unspecified atom stereocenters. The van der Waals surface area contributed by atoms with E-state index in [0.29, 0.717) is 0 Å². The number of hydrogen-bond acceptors (Lipinski definition) is 2. The molecule has 0 saturated carbocycles. The lowest BCUT2D eigenvalue weighted by molar-refractivity contribution is -0.134. The van der Waals surface area contributed by atoms with Crippen LogP contribution in [0.2, 0.25) is 0 Å². The van der Waals surface area contributed by atoms with Crippen molar-refractivity contribution in [1.29, 1.82) is 0 Å². The maximum atomic E-state index is 10.5. The van der Waals surface area contributed by atoms with E-state index in [4.69, 9.17) is 5.11 Å². The van der Waals surface area contributed by atoms with E-state index in [1.165, 1.54) is 0 Å². The smallest absolute Gasteiger partial charge is 0.322 e. The van der Waals surface area contributed by atoms with E-state index < -0.39 is 5.97 Å². The standard InChI is InChI=1S/C12H10BrNO2/c13-10-5-6-11(14-7-12(15)16)9-4-2-1-3-8(9)10/h1-6,14H,7H2,(H,15,16). The molecule has 0 bridgehead atoms. The van der Waals surface area contributed by atoms with Gasteiger partial charge in [0.25, 0.3) is 0 Å². The summed E-state index contributed by atoms with van der Waals surface area (Å²) < 4.78 is 1.00. The van der Waals surface area contributed by atoms with Gasteiger partial charge in [-0.1, -0.05) is 40.2 Å². The Kier molecular flexibility index (Phi) is 3.10. The van der Waals surface area contributed by atoms with Crippen LogP contribution in [0, 0.1) is 0 Å². The molecule has 2 N–H and O–H groups in total. The largest absolute Gasteiger partial charge is 0.480 e. The van der Waals surface area contributed by atoms with Crippen LogP contribution in [0.15, 0.2) is 40.9 Å². The van der Waals surface area contributed by atoms with Gasteiger partial charge in [0.15, 0.2) is 0 Å². The number of nitrogens with one attached hydrogen (secondary N) is 1. The molecule has 0 aliphatic carbocycles. The van der Waals surface area contributed by atoms with Crippen LogP contribution in [0.1, 0.15) is 0 Å². The highest BCUT2D eigenvalue weighted by molar-refractivity contribution is 9.10. The van der Waals surface area contributed by atoms with E-state index in [0.717, 1.165) is 20.9 Å². The van der Waals surface area contributed by atoms with Crippen molar-refractivity contribution in [3.63, 3.8) is 0 Å². The number of carbonyl (C=O) groups is 1. The van der Waals surface area contributed by atoms with Gasteiger partial charge >= 0.3 is 5.97 Å². The number of carboxylic acids is 1. The predicted octanol–water partition coefficient (Wildman–Crippen LogP) is 3.10. The second-order valence-electron chi connectivity index (χ2n) is 3.39. The van der Waals surface area contributed by atoms with Gasteiger partial charge in [-0.15, -0.1) is 0 Å². The quantitative estimate of drug-likeness (QED) is 0.908. The van der Waals surface area contributed by atoms with Gasteiger partial charge in [0.1, 0.15) is 6.54 Å². The van der Waals surface area contributed by atoms with Crippen molar-refractivity contribution in [3.8, 4) is 0 Å². The van der Waals surface area contributed by atoms with Gasteiger partial charge in [-0.2, -0.15) is 0 Å². The first-order valence-corrected chi connectivity index (χ1v) is 5.60. The second-order valence-corrected chi connectivity index (χ2v) is 4.24. The van der Waals surface area contributed by atoms with Crippen LogP contribution in [-0.4, -0.2) is 17.6 Å². The molecule has 0 spiro atoms. The number of aliphatic carboxylic acids is 1. The van der Waals surface area contributed by atoms with Crippen molar-refractivity contribution in [3.05, 3.63) is 40.9 Å². The third-order valence-electron chi connectivity index (χ3n) is 2.30. The highest BCUT2D eigenvalue weighted by atomic mass is 79.9. The lowest BCUT2D eigenvalue weighted by Crippen LogP contribution is -2.12. The Morgan fingerprint density at radius 2 is 1.88 bits per heavy atom. The van der Waals surface area contributed by atoms with E-state index in [-0.39, 0.29) is 6.54 Å². The van der Waals surface area contributed by atoms with Crippen LogP contribution < -0.4 is 5.32 Å². The van der Waals surface area contributed by atoms with Crippen molar-refractivity contribution in [1.82, 2.24) is 0 Å². The van der Waals surface area contributed by atoms with E-state index in [2.05, 4.69) is 21.2 Å². The van der Waals surface area contributed by atoms with Crippen LogP contribution in [0.3, 0.4) is 0 Å². The molecular weight excluding hydrogens is 270 g/mol. The van der Waals surface area contributed by atoms with Gasteiger partial charge in [0.05, 0.1) is 0 Å². The fourth-order valence-electron chi connectivity index (χ4n) is 1.59. The first kappa shape index (κ1) is 11.0. The summed E-state index contributed by atoms with van der Waals surface area (Å²) in [6, 6.07) is 11.6. The summed E-state index contributed by atoms with van der Waals surface area (Å²) in [5.41, 5.74) is 0.834. The van der Waals surface area contributed by atoms with E-state index in [9.17, 15) is 4.79 Å². The average Bonchev–Trinajstić information content (AvgIpc) is 2.28. The first-order valence-electron chi connectivity index (χ1n) is 4.81. The van der Waals surface area contributed by atoms with Crippen molar-refractivity contribution >= 4 is 38.4 Å². The van der Waals surface area contributed by atoms with Crippen LogP contribution in [0.25, 0.3) is 10.8 Å². The maximum absolute atomic E-state index is 10.5. The summed E-state index contributed by atoms with van der Waals surface area (Å²) in [7, 11) is 0. The molecule has 3 nitrogen and oxygen atoms in total. The molecule has 2 rings (SSSR count). The Balaban J connectivity index is 2.46. The fraction of sp³-hybridized carbons (Fsp3) is 0.0833. The third-order valence-corrected chi connectivity index (χ3v) is 2.99. The lowest BCUT2D eigenvalue weighted by atomic mass is 10.1. The monoisotopic (exact) mass is 279 g/mol. The molecule has 0 aliphatic rings. The molecule has 82 valence electrons. The summed E-state index contributed by atoms with van der Waals surface area (Å²) in [5, 5.41) is 13.6. The summed E-state index contributed by atoms with van der Waals surface area (Å²) in [4.78, 5) is 10.5. The zero-order valence-corrected chi connectivity index (χ0v) is 9.99. The van der Waals surface area contributed by atoms with Gasteiger partial charge in [-0.25, -0.2) is 0 Å². The van der Waals surface area contributed by atoms with Crippen LogP contribution in [0.4, 0.5) is 5.69 Å². The van der Waals surface area contributed by atoms with Crippen molar-refractivity contribution in [2.24, 2.45) is 0 Å². The van der Waals surface area contributed by atoms with Gasteiger partial charge < -0.3 is 10.4 Å².